The molecule has 0 spiro atoms. The monoisotopic (exact) mass is 392 g/mol. The summed E-state index contributed by atoms with van der Waals surface area (Å²) in [4.78, 5) is 23.8. The molecule has 26 heavy (non-hydrogen) atoms. The zero-order chi connectivity index (χ0) is 18.7. The van der Waals surface area contributed by atoms with E-state index in [-0.39, 0.29) is 0 Å². The van der Waals surface area contributed by atoms with Gasteiger partial charge in [-0.15, -0.1) is 22.7 Å². The van der Waals surface area contributed by atoms with E-state index in [0.29, 0.717) is 18.0 Å². The van der Waals surface area contributed by atoms with Gasteiger partial charge in [0.1, 0.15) is 11.4 Å². The van der Waals surface area contributed by atoms with Crippen LogP contribution >= 0.6 is 22.7 Å². The van der Waals surface area contributed by atoms with Crippen molar-refractivity contribution in [3.05, 3.63) is 15.3 Å². The second-order valence-corrected chi connectivity index (χ2v) is 9.64. The average Bonchev–Trinajstić information content (AvgIpc) is 3.20. The Labute approximate surface area is 163 Å². The van der Waals surface area contributed by atoms with Crippen molar-refractivity contribution >= 4 is 34.2 Å². The molecule has 0 aliphatic heterocycles. The van der Waals surface area contributed by atoms with Gasteiger partial charge in [-0.1, -0.05) is 0 Å². The topological polar surface area (TPSA) is 58.1 Å². The van der Waals surface area contributed by atoms with Crippen molar-refractivity contribution in [2.45, 2.75) is 65.5 Å². The molecule has 0 atom stereocenters. The molecule has 7 heteroatoms. The molecule has 1 N–H and O–H groups in total. The summed E-state index contributed by atoms with van der Waals surface area (Å²) in [6, 6.07) is 0.699. The highest BCUT2D eigenvalue weighted by molar-refractivity contribution is 7.14. The predicted octanol–water partition coefficient (Wildman–Crippen LogP) is 4.72. The number of thiazole rings is 2. The normalized spacial score (nSPS) is 20.3. The van der Waals surface area contributed by atoms with Crippen LogP contribution in [-0.4, -0.2) is 39.9 Å². The van der Waals surface area contributed by atoms with Gasteiger partial charge in [-0.3, -0.25) is 4.79 Å². The molecular weight excluding hydrogens is 364 g/mol. The van der Waals surface area contributed by atoms with Crippen molar-refractivity contribution in [2.75, 3.05) is 11.9 Å². The fourth-order valence-electron chi connectivity index (χ4n) is 3.74. The third-order valence-electron chi connectivity index (χ3n) is 5.15. The summed E-state index contributed by atoms with van der Waals surface area (Å²) in [5.41, 5.74) is 1.99. The Hall–Kier alpha value is -1.47. The largest absolute Gasteiger partial charge is 0.361 e. The van der Waals surface area contributed by atoms with E-state index in [1.54, 1.807) is 22.7 Å². The summed E-state index contributed by atoms with van der Waals surface area (Å²) in [7, 11) is 0. The van der Waals surface area contributed by atoms with Crippen LogP contribution in [0, 0.1) is 19.8 Å². The van der Waals surface area contributed by atoms with Crippen molar-refractivity contribution in [1.82, 2.24) is 14.9 Å². The van der Waals surface area contributed by atoms with Crippen LogP contribution in [0.25, 0.3) is 11.4 Å². The zero-order valence-electron chi connectivity index (χ0n) is 16.0. The second-order valence-electron chi connectivity index (χ2n) is 7.38. The molecule has 0 radical (unpaired) electrons. The number of carbonyl (C=O) groups is 1. The van der Waals surface area contributed by atoms with E-state index < -0.39 is 0 Å². The fourth-order valence-corrected chi connectivity index (χ4v) is 5.27. The molecule has 0 saturated heterocycles. The van der Waals surface area contributed by atoms with Crippen molar-refractivity contribution in [1.29, 1.82) is 0 Å². The SMILES string of the molecule is Cc1nc(-c2csc(NCC3CCC(N(C=O)C(C)C)CC3)n2)c(C)s1. The zero-order valence-corrected chi connectivity index (χ0v) is 17.6. The summed E-state index contributed by atoms with van der Waals surface area (Å²) < 4.78 is 0. The predicted molar refractivity (Wildman–Crippen MR) is 110 cm³/mol. The van der Waals surface area contributed by atoms with Gasteiger partial charge in [0.15, 0.2) is 5.13 Å². The maximum Gasteiger partial charge on any atom is 0.210 e. The molecule has 1 amide bonds. The highest BCUT2D eigenvalue weighted by Crippen LogP contribution is 2.31. The van der Waals surface area contributed by atoms with Crippen LogP contribution in [0.2, 0.25) is 0 Å². The number of nitrogens with one attached hydrogen (secondary N) is 1. The van der Waals surface area contributed by atoms with Gasteiger partial charge in [0.25, 0.3) is 0 Å². The van der Waals surface area contributed by atoms with Crippen molar-refractivity contribution in [3.8, 4) is 11.4 Å². The van der Waals surface area contributed by atoms with Crippen molar-refractivity contribution in [3.63, 3.8) is 0 Å². The van der Waals surface area contributed by atoms with Crippen molar-refractivity contribution in [2.24, 2.45) is 5.92 Å². The lowest BCUT2D eigenvalue weighted by molar-refractivity contribution is -0.122. The summed E-state index contributed by atoms with van der Waals surface area (Å²) >= 11 is 3.37. The van der Waals surface area contributed by atoms with E-state index in [0.717, 1.165) is 60.2 Å². The van der Waals surface area contributed by atoms with Crippen LogP contribution in [0.3, 0.4) is 0 Å². The number of carbonyl (C=O) groups excluding carboxylic acids is 1. The lowest BCUT2D eigenvalue weighted by atomic mass is 9.85. The molecule has 1 aliphatic carbocycles. The first kappa shape index (κ1) is 19.3. The van der Waals surface area contributed by atoms with Gasteiger partial charge >= 0.3 is 0 Å². The van der Waals surface area contributed by atoms with Gasteiger partial charge in [0.2, 0.25) is 6.41 Å². The Balaban J connectivity index is 1.50. The fraction of sp³-hybridized carbons (Fsp3) is 0.632. The van der Waals surface area contributed by atoms with Crippen LogP contribution < -0.4 is 5.32 Å². The van der Waals surface area contributed by atoms with E-state index in [2.05, 4.69) is 36.5 Å². The summed E-state index contributed by atoms with van der Waals surface area (Å²) in [6.45, 7) is 9.28. The third-order valence-corrected chi connectivity index (χ3v) is 6.83. The van der Waals surface area contributed by atoms with Gasteiger partial charge in [-0.25, -0.2) is 9.97 Å². The quantitative estimate of drug-likeness (QED) is 0.693. The van der Waals surface area contributed by atoms with Crippen molar-refractivity contribution < 1.29 is 4.79 Å². The van der Waals surface area contributed by atoms with Crippen LogP contribution in [-0.2, 0) is 4.79 Å². The Morgan fingerprint density at radius 1 is 1.27 bits per heavy atom. The highest BCUT2D eigenvalue weighted by Gasteiger charge is 2.26. The van der Waals surface area contributed by atoms with Gasteiger partial charge in [-0.05, 0) is 59.3 Å². The minimum Gasteiger partial charge on any atom is -0.361 e. The Morgan fingerprint density at radius 2 is 2.00 bits per heavy atom. The van der Waals surface area contributed by atoms with E-state index in [4.69, 9.17) is 4.98 Å². The Bertz CT molecular complexity index is 732. The Kier molecular flexibility index (Phi) is 6.29. The molecule has 3 rings (SSSR count). The minimum absolute atomic E-state index is 0.290. The number of aromatic nitrogens is 2. The molecule has 142 valence electrons. The number of anilines is 1. The number of hydrogen-bond donors (Lipinski definition) is 1. The lowest BCUT2D eigenvalue weighted by Gasteiger charge is -2.37. The van der Waals surface area contributed by atoms with Crippen LogP contribution in [0.1, 0.15) is 49.4 Å². The second kappa shape index (κ2) is 8.48. The standard InChI is InChI=1S/C19H28N4OS2/c1-12(2)23(11-24)16-7-5-15(6-8-16)9-20-19-22-17(10-25-19)18-13(3)26-14(4)21-18/h10-12,15-16H,5-9H2,1-4H3,(H,20,22). The number of hydrogen-bond acceptors (Lipinski definition) is 6. The van der Waals surface area contributed by atoms with Gasteiger partial charge in [0.05, 0.1) is 5.01 Å². The molecule has 0 unspecified atom stereocenters. The van der Waals surface area contributed by atoms with E-state index >= 15 is 0 Å². The van der Waals surface area contributed by atoms with E-state index in [1.165, 1.54) is 4.88 Å². The summed E-state index contributed by atoms with van der Waals surface area (Å²) in [5.74, 6) is 0.655. The number of rotatable bonds is 7. The van der Waals surface area contributed by atoms with Gasteiger partial charge in [-0.2, -0.15) is 0 Å². The first-order valence-electron chi connectivity index (χ1n) is 9.34. The molecule has 2 aromatic rings. The molecule has 1 fully saturated rings. The average molecular weight is 393 g/mol. The maximum absolute atomic E-state index is 11.3. The number of aryl methyl sites for hydroxylation is 2. The minimum atomic E-state index is 0.290. The van der Waals surface area contributed by atoms with E-state index in [1.807, 2.05) is 11.8 Å². The molecule has 2 aromatic heterocycles. The van der Waals surface area contributed by atoms with Crippen LogP contribution in [0.5, 0.6) is 0 Å². The third kappa shape index (κ3) is 4.43. The molecule has 2 heterocycles. The molecule has 0 bridgehead atoms. The Morgan fingerprint density at radius 3 is 2.58 bits per heavy atom. The molecule has 1 aliphatic rings. The lowest BCUT2D eigenvalue weighted by Crippen LogP contribution is -2.42. The molecule has 1 saturated carbocycles. The number of nitrogens with zero attached hydrogens (tertiary/aromatic N) is 3. The maximum atomic E-state index is 11.3. The van der Waals surface area contributed by atoms with Gasteiger partial charge < -0.3 is 10.2 Å². The molecular formula is C19H28N4OS2. The smallest absolute Gasteiger partial charge is 0.210 e. The van der Waals surface area contributed by atoms with E-state index in [9.17, 15) is 4.79 Å². The summed E-state index contributed by atoms with van der Waals surface area (Å²) in [5, 5.41) is 7.66. The van der Waals surface area contributed by atoms with Gasteiger partial charge in [0, 0.05) is 28.9 Å². The van der Waals surface area contributed by atoms with Crippen LogP contribution in [0.4, 0.5) is 5.13 Å². The molecule has 5 nitrogen and oxygen atoms in total. The first-order chi connectivity index (χ1) is 12.5. The molecule has 0 aromatic carbocycles. The first-order valence-corrected chi connectivity index (χ1v) is 11.0. The summed E-state index contributed by atoms with van der Waals surface area (Å²) in [6.07, 6.45) is 5.55. The van der Waals surface area contributed by atoms with Crippen LogP contribution in [0.15, 0.2) is 5.38 Å². The number of amides is 1. The highest BCUT2D eigenvalue weighted by atomic mass is 32.1.